The molecule has 0 amide bonds. The molecule has 1 radical (unpaired) electrons. The van der Waals surface area contributed by atoms with Crippen molar-refractivity contribution in [1.29, 1.82) is 0 Å². The van der Waals surface area contributed by atoms with Crippen LogP contribution in [0.4, 0.5) is 0 Å². The van der Waals surface area contributed by atoms with Gasteiger partial charge in [-0.2, -0.15) is 0 Å². The van der Waals surface area contributed by atoms with Crippen LogP contribution >= 0.6 is 15.9 Å². The van der Waals surface area contributed by atoms with Crippen LogP contribution in [0.25, 0.3) is 21.7 Å². The molecule has 107 valence electrons. The standard InChI is InChI=1S/C18H13BrN.Ir/c19-16-3-1-2-13-12(16)6-7-14-17-11-5-4-10(8-11)15(17)9-20-18(13)14;/h1,3,6-7,9-11H,4-5,8H2;/q-1;. The van der Waals surface area contributed by atoms with Crippen LogP contribution in [0.5, 0.6) is 0 Å². The molecule has 2 aromatic carbocycles. The van der Waals surface area contributed by atoms with E-state index in [4.69, 9.17) is 4.98 Å². The Kier molecular flexibility index (Phi) is 3.22. The largest absolute Gasteiger partial charge is 0.304 e. The molecule has 3 aromatic rings. The minimum absolute atomic E-state index is 0. The first-order valence-corrected chi connectivity index (χ1v) is 8.03. The van der Waals surface area contributed by atoms with E-state index in [1.165, 1.54) is 35.6 Å². The first kappa shape index (κ1) is 13.9. The second-order valence-electron chi connectivity index (χ2n) is 6.04. The van der Waals surface area contributed by atoms with Crippen LogP contribution in [0.2, 0.25) is 0 Å². The van der Waals surface area contributed by atoms with Gasteiger partial charge in [-0.05, 0) is 53.1 Å². The molecule has 21 heavy (non-hydrogen) atoms. The van der Waals surface area contributed by atoms with Gasteiger partial charge in [0.1, 0.15) is 0 Å². The Morgan fingerprint density at radius 2 is 1.90 bits per heavy atom. The molecule has 2 unspecified atom stereocenters. The van der Waals surface area contributed by atoms with Gasteiger partial charge in [-0.3, -0.25) is 0 Å². The van der Waals surface area contributed by atoms with Gasteiger partial charge in [-0.1, -0.05) is 37.9 Å². The number of halogens is 1. The predicted octanol–water partition coefficient (Wildman–Crippen LogP) is 5.31. The van der Waals surface area contributed by atoms with E-state index < -0.39 is 0 Å². The molecule has 1 aromatic heterocycles. The van der Waals surface area contributed by atoms with Gasteiger partial charge in [-0.15, -0.1) is 23.6 Å². The molecular formula is C18H13BrIrN-. The second kappa shape index (κ2) is 4.87. The first-order chi connectivity index (χ1) is 9.83. The van der Waals surface area contributed by atoms with Crippen LogP contribution in [0.3, 0.4) is 0 Å². The zero-order valence-electron chi connectivity index (χ0n) is 11.3. The van der Waals surface area contributed by atoms with Crippen molar-refractivity contribution in [2.24, 2.45) is 0 Å². The summed E-state index contributed by atoms with van der Waals surface area (Å²) in [7, 11) is 0. The van der Waals surface area contributed by atoms with Crippen molar-refractivity contribution in [2.75, 3.05) is 0 Å². The summed E-state index contributed by atoms with van der Waals surface area (Å²) in [5.74, 6) is 1.54. The van der Waals surface area contributed by atoms with Gasteiger partial charge in [0.2, 0.25) is 0 Å². The molecule has 0 spiro atoms. The van der Waals surface area contributed by atoms with Crippen molar-refractivity contribution in [1.82, 2.24) is 4.98 Å². The third-order valence-corrected chi connectivity index (χ3v) is 5.80. The van der Waals surface area contributed by atoms with Gasteiger partial charge in [-0.25, -0.2) is 0 Å². The van der Waals surface area contributed by atoms with Gasteiger partial charge < -0.3 is 4.98 Å². The Morgan fingerprint density at radius 1 is 1.10 bits per heavy atom. The fraction of sp³-hybridized carbons (Fsp3) is 0.278. The molecular weight excluding hydrogens is 502 g/mol. The maximum absolute atomic E-state index is 4.79. The zero-order chi connectivity index (χ0) is 13.3. The van der Waals surface area contributed by atoms with Crippen molar-refractivity contribution >= 4 is 37.6 Å². The van der Waals surface area contributed by atoms with E-state index in [1.807, 2.05) is 12.1 Å². The molecule has 2 atom stereocenters. The summed E-state index contributed by atoms with van der Waals surface area (Å²) in [5.41, 5.74) is 4.22. The molecule has 0 N–H and O–H groups in total. The Morgan fingerprint density at radius 3 is 2.81 bits per heavy atom. The van der Waals surface area contributed by atoms with Crippen LogP contribution in [-0.2, 0) is 20.1 Å². The molecule has 1 fully saturated rings. The number of rotatable bonds is 0. The van der Waals surface area contributed by atoms with Gasteiger partial charge in [0.05, 0.1) is 0 Å². The summed E-state index contributed by atoms with van der Waals surface area (Å²) in [6, 6.07) is 11.9. The molecule has 2 aliphatic carbocycles. The third kappa shape index (κ3) is 1.81. The maximum atomic E-state index is 4.79. The minimum atomic E-state index is 0. The van der Waals surface area contributed by atoms with Gasteiger partial charge in [0.15, 0.2) is 0 Å². The molecule has 3 heteroatoms. The van der Waals surface area contributed by atoms with Crippen molar-refractivity contribution in [3.63, 3.8) is 0 Å². The van der Waals surface area contributed by atoms with Crippen LogP contribution in [0, 0.1) is 6.07 Å². The van der Waals surface area contributed by atoms with Crippen molar-refractivity contribution < 1.29 is 20.1 Å². The van der Waals surface area contributed by atoms with E-state index in [9.17, 15) is 0 Å². The Balaban J connectivity index is 0.00000115. The van der Waals surface area contributed by atoms with Crippen molar-refractivity contribution in [3.05, 3.63) is 52.1 Å². The van der Waals surface area contributed by atoms with Gasteiger partial charge in [0, 0.05) is 26.3 Å². The maximum Gasteiger partial charge on any atom is 0.0199 e. The number of fused-ring (bicyclic) bond motifs is 9. The normalized spacial score (nSPS) is 22.5. The average Bonchev–Trinajstić information content (AvgIpc) is 3.08. The van der Waals surface area contributed by atoms with E-state index in [2.05, 4.69) is 40.3 Å². The smallest absolute Gasteiger partial charge is 0.0199 e. The number of hydrogen-bond acceptors (Lipinski definition) is 1. The summed E-state index contributed by atoms with van der Waals surface area (Å²) >= 11 is 3.63. The third-order valence-electron chi connectivity index (χ3n) is 5.11. The molecule has 5 rings (SSSR count). The fourth-order valence-corrected chi connectivity index (χ4v) is 4.70. The van der Waals surface area contributed by atoms with Crippen molar-refractivity contribution in [3.8, 4) is 0 Å². The van der Waals surface area contributed by atoms with Gasteiger partial charge >= 0.3 is 0 Å². The Labute approximate surface area is 145 Å². The van der Waals surface area contributed by atoms with Crippen molar-refractivity contribution in [2.45, 2.75) is 31.1 Å². The molecule has 0 aliphatic heterocycles. The number of nitrogens with zero attached hydrogens (tertiary/aromatic N) is 1. The van der Waals surface area contributed by atoms with E-state index in [0.29, 0.717) is 0 Å². The molecule has 0 saturated heterocycles. The number of benzene rings is 2. The second-order valence-corrected chi connectivity index (χ2v) is 6.90. The van der Waals surface area contributed by atoms with Crippen LogP contribution in [0.15, 0.2) is 34.9 Å². The van der Waals surface area contributed by atoms with E-state index >= 15 is 0 Å². The molecule has 1 saturated carbocycles. The molecule has 2 bridgehead atoms. The Bertz CT molecular complexity index is 874. The van der Waals surface area contributed by atoms with Crippen LogP contribution in [-0.4, -0.2) is 4.98 Å². The average molecular weight is 515 g/mol. The quantitative estimate of drug-likeness (QED) is 0.292. The summed E-state index contributed by atoms with van der Waals surface area (Å²) in [6.07, 6.45) is 6.19. The van der Waals surface area contributed by atoms with Gasteiger partial charge in [0.25, 0.3) is 0 Å². The van der Waals surface area contributed by atoms with E-state index in [-0.39, 0.29) is 20.1 Å². The number of pyridine rings is 1. The van der Waals surface area contributed by atoms with Crippen LogP contribution in [0.1, 0.15) is 42.2 Å². The predicted molar refractivity (Wildman–Crippen MR) is 85.1 cm³/mol. The Hall–Kier alpha value is -0.761. The monoisotopic (exact) mass is 515 g/mol. The topological polar surface area (TPSA) is 12.9 Å². The number of hydrogen-bond donors (Lipinski definition) is 0. The van der Waals surface area contributed by atoms with E-state index in [0.717, 1.165) is 27.2 Å². The SMILES string of the molecule is Brc1cc[c-]c2c1ccc1c3c(cnc12)C1CCC3C1.[Ir]. The van der Waals surface area contributed by atoms with Crippen LogP contribution < -0.4 is 0 Å². The first-order valence-electron chi connectivity index (χ1n) is 7.24. The fourth-order valence-electron chi connectivity index (χ4n) is 4.24. The molecule has 2 aliphatic rings. The number of aromatic nitrogens is 1. The van der Waals surface area contributed by atoms with E-state index in [1.54, 1.807) is 5.56 Å². The summed E-state index contributed by atoms with van der Waals surface area (Å²) in [4.78, 5) is 4.79. The molecule has 1 heterocycles. The summed E-state index contributed by atoms with van der Waals surface area (Å²) in [5, 5.41) is 3.70. The zero-order valence-corrected chi connectivity index (χ0v) is 15.3. The minimum Gasteiger partial charge on any atom is -0.304 e. The summed E-state index contributed by atoms with van der Waals surface area (Å²) in [6.45, 7) is 0. The summed E-state index contributed by atoms with van der Waals surface area (Å²) < 4.78 is 1.12. The molecule has 1 nitrogen and oxygen atoms in total.